The van der Waals surface area contributed by atoms with Crippen LogP contribution < -0.4 is 5.73 Å². The van der Waals surface area contributed by atoms with E-state index in [9.17, 15) is 13.0 Å². The molecule has 1 unspecified atom stereocenters. The molecule has 78 valence electrons. The first-order chi connectivity index (χ1) is 6.43. The molecule has 0 amide bonds. The van der Waals surface area contributed by atoms with Crippen molar-refractivity contribution in [1.29, 1.82) is 0 Å². The molecule has 0 aromatic heterocycles. The topological polar surface area (TPSA) is 43.1 Å². The van der Waals surface area contributed by atoms with E-state index in [2.05, 4.69) is 15.9 Å². The highest BCUT2D eigenvalue weighted by Crippen LogP contribution is 2.31. The summed E-state index contributed by atoms with van der Waals surface area (Å²) >= 11 is 8.59. The van der Waals surface area contributed by atoms with Crippen LogP contribution in [0.15, 0.2) is 21.5 Å². The molecule has 1 rings (SSSR count). The second-order valence-corrected chi connectivity index (χ2v) is 5.01. The summed E-state index contributed by atoms with van der Waals surface area (Å²) in [6, 6.07) is 2.52. The van der Waals surface area contributed by atoms with Crippen molar-refractivity contribution in [3.05, 3.63) is 21.6 Å². The molecule has 0 heterocycles. The van der Waals surface area contributed by atoms with E-state index in [0.717, 1.165) is 0 Å². The van der Waals surface area contributed by atoms with E-state index in [1.807, 2.05) is 0 Å². The second kappa shape index (κ2) is 4.55. The molecule has 0 spiro atoms. The predicted molar refractivity (Wildman–Crippen MR) is 56.0 cm³/mol. The van der Waals surface area contributed by atoms with Crippen LogP contribution in [0, 0.1) is 0 Å². The molecule has 0 aliphatic carbocycles. The van der Waals surface area contributed by atoms with Gasteiger partial charge in [-0.15, -0.1) is 0 Å². The largest absolute Gasteiger partial charge is 0.397 e. The van der Waals surface area contributed by atoms with E-state index in [0.29, 0.717) is 0 Å². The Bertz CT molecular complexity index is 388. The summed E-state index contributed by atoms with van der Waals surface area (Å²) in [5, 5.41) is 0.109. The van der Waals surface area contributed by atoms with Gasteiger partial charge in [0.15, 0.2) is 0 Å². The highest BCUT2D eigenvalue weighted by molar-refractivity contribution is 9.10. The summed E-state index contributed by atoms with van der Waals surface area (Å²) in [5.74, 6) is -2.94. The van der Waals surface area contributed by atoms with Gasteiger partial charge >= 0.3 is 5.76 Å². The van der Waals surface area contributed by atoms with Crippen LogP contribution in [-0.4, -0.2) is 9.97 Å². The first-order valence-electron chi connectivity index (χ1n) is 3.36. The molecular weight excluding hydrogens is 300 g/mol. The Labute approximate surface area is 95.0 Å². The quantitative estimate of drug-likeness (QED) is 0.854. The number of hydrogen-bond donors (Lipinski definition) is 1. The van der Waals surface area contributed by atoms with Crippen LogP contribution in [-0.2, 0) is 10.8 Å². The van der Waals surface area contributed by atoms with Crippen molar-refractivity contribution in [3.63, 3.8) is 0 Å². The van der Waals surface area contributed by atoms with Crippen LogP contribution in [0.4, 0.5) is 14.5 Å². The fourth-order valence-corrected chi connectivity index (χ4v) is 2.54. The summed E-state index contributed by atoms with van der Waals surface area (Å²) in [7, 11) is -2.39. The number of anilines is 1. The van der Waals surface area contributed by atoms with Gasteiger partial charge in [-0.05, 0) is 28.1 Å². The maximum Gasteiger partial charge on any atom is 0.316 e. The molecule has 7 heteroatoms. The number of alkyl halides is 2. The number of rotatable bonds is 2. The van der Waals surface area contributed by atoms with Crippen molar-refractivity contribution in [2.24, 2.45) is 0 Å². The van der Waals surface area contributed by atoms with Gasteiger partial charge in [-0.3, -0.25) is 0 Å². The Kier molecular flexibility index (Phi) is 3.86. The van der Waals surface area contributed by atoms with Crippen molar-refractivity contribution in [3.8, 4) is 0 Å². The van der Waals surface area contributed by atoms with Crippen molar-refractivity contribution in [2.45, 2.75) is 10.7 Å². The van der Waals surface area contributed by atoms with Crippen molar-refractivity contribution >= 4 is 44.0 Å². The van der Waals surface area contributed by atoms with E-state index >= 15 is 0 Å². The maximum atomic E-state index is 12.1. The Hall–Kier alpha value is -0.200. The lowest BCUT2D eigenvalue weighted by Gasteiger charge is -2.06. The first kappa shape index (κ1) is 11.9. The van der Waals surface area contributed by atoms with Gasteiger partial charge in [0.1, 0.15) is 10.8 Å². The van der Waals surface area contributed by atoms with Crippen LogP contribution in [0.5, 0.6) is 0 Å². The van der Waals surface area contributed by atoms with Crippen LogP contribution >= 0.6 is 27.5 Å². The number of benzene rings is 1. The van der Waals surface area contributed by atoms with Gasteiger partial charge in [-0.25, -0.2) is 4.21 Å². The van der Waals surface area contributed by atoms with Crippen LogP contribution in [0.25, 0.3) is 0 Å². The zero-order valence-corrected chi connectivity index (χ0v) is 9.80. The second-order valence-electron chi connectivity index (χ2n) is 2.36. The Balaban J connectivity index is 3.22. The highest BCUT2D eigenvalue weighted by Gasteiger charge is 2.19. The number of hydrogen-bond acceptors (Lipinski definition) is 2. The molecule has 0 saturated carbocycles. The average molecular weight is 305 g/mol. The highest BCUT2D eigenvalue weighted by atomic mass is 79.9. The van der Waals surface area contributed by atoms with Gasteiger partial charge in [0.2, 0.25) is 0 Å². The summed E-state index contributed by atoms with van der Waals surface area (Å²) < 4.78 is 35.6. The smallest absolute Gasteiger partial charge is 0.316 e. The summed E-state index contributed by atoms with van der Waals surface area (Å²) in [5.41, 5.74) is 5.66. The SMILES string of the molecule is Nc1cc(Br)c(S(=O)C(F)F)cc1Cl. The molecule has 0 saturated heterocycles. The monoisotopic (exact) mass is 303 g/mol. The van der Waals surface area contributed by atoms with Crippen LogP contribution in [0.3, 0.4) is 0 Å². The number of halogens is 4. The molecule has 14 heavy (non-hydrogen) atoms. The molecule has 1 aromatic carbocycles. The summed E-state index contributed by atoms with van der Waals surface area (Å²) in [6.07, 6.45) is 0. The van der Waals surface area contributed by atoms with Crippen LogP contribution in [0.2, 0.25) is 5.02 Å². The van der Waals surface area contributed by atoms with Gasteiger partial charge in [-0.1, -0.05) is 11.6 Å². The Morgan fingerprint density at radius 1 is 1.50 bits per heavy atom. The first-order valence-corrected chi connectivity index (χ1v) is 5.75. The molecular formula is C7H5BrClF2NOS. The predicted octanol–water partition coefficient (Wildman–Crippen LogP) is 3.01. The van der Waals surface area contributed by atoms with Gasteiger partial charge in [0.05, 0.1) is 15.6 Å². The summed E-state index contributed by atoms with van der Waals surface area (Å²) in [4.78, 5) is -0.0563. The minimum atomic E-state index is -2.94. The lowest BCUT2D eigenvalue weighted by atomic mass is 10.3. The normalized spacial score (nSPS) is 13.2. The number of nitrogen functional groups attached to an aromatic ring is 1. The van der Waals surface area contributed by atoms with Gasteiger partial charge in [0.25, 0.3) is 0 Å². The van der Waals surface area contributed by atoms with E-state index < -0.39 is 16.6 Å². The van der Waals surface area contributed by atoms with E-state index in [-0.39, 0.29) is 20.1 Å². The van der Waals surface area contributed by atoms with Gasteiger partial charge in [0, 0.05) is 4.47 Å². The Morgan fingerprint density at radius 3 is 2.57 bits per heavy atom. The van der Waals surface area contributed by atoms with Gasteiger partial charge in [-0.2, -0.15) is 8.78 Å². The molecule has 2 nitrogen and oxygen atoms in total. The molecule has 1 aromatic rings. The third-order valence-electron chi connectivity index (χ3n) is 1.43. The zero-order valence-electron chi connectivity index (χ0n) is 6.64. The molecule has 2 N–H and O–H groups in total. The molecule has 0 aliphatic rings. The lowest BCUT2D eigenvalue weighted by molar-refractivity contribution is 0.244. The van der Waals surface area contributed by atoms with E-state index in [1.165, 1.54) is 12.1 Å². The molecule has 0 radical (unpaired) electrons. The maximum absolute atomic E-state index is 12.1. The van der Waals surface area contributed by atoms with Crippen molar-refractivity contribution < 1.29 is 13.0 Å². The third-order valence-corrected chi connectivity index (χ3v) is 3.77. The minimum Gasteiger partial charge on any atom is -0.397 e. The summed E-state index contributed by atoms with van der Waals surface area (Å²) in [6.45, 7) is 0. The Morgan fingerprint density at radius 2 is 2.07 bits per heavy atom. The van der Waals surface area contributed by atoms with Crippen molar-refractivity contribution in [2.75, 3.05) is 5.73 Å². The van der Waals surface area contributed by atoms with Crippen molar-refractivity contribution in [1.82, 2.24) is 0 Å². The van der Waals surface area contributed by atoms with E-state index in [4.69, 9.17) is 17.3 Å². The van der Waals surface area contributed by atoms with E-state index in [1.54, 1.807) is 0 Å². The molecule has 0 aliphatic heterocycles. The average Bonchev–Trinajstić information content (AvgIpc) is 2.10. The standard InChI is InChI=1S/C7H5BrClF2NOS/c8-3-1-5(12)4(9)2-6(3)14(13)7(10)11/h1-2,7H,12H2. The number of nitrogens with two attached hydrogens (primary N) is 1. The fraction of sp³-hybridized carbons (Fsp3) is 0.143. The van der Waals surface area contributed by atoms with Crippen LogP contribution in [0.1, 0.15) is 0 Å². The lowest BCUT2D eigenvalue weighted by Crippen LogP contribution is -2.04. The molecule has 1 atom stereocenters. The van der Waals surface area contributed by atoms with Gasteiger partial charge < -0.3 is 5.73 Å². The minimum absolute atomic E-state index is 0.0563. The third kappa shape index (κ3) is 2.43. The molecule has 0 fully saturated rings. The fourth-order valence-electron chi connectivity index (χ4n) is 0.794. The zero-order chi connectivity index (χ0) is 10.9. The molecule has 0 bridgehead atoms.